The highest BCUT2D eigenvalue weighted by atomic mass is 16.5. The molecule has 0 radical (unpaired) electrons. The second-order valence-electron chi connectivity index (χ2n) is 3.58. The fourth-order valence-corrected chi connectivity index (χ4v) is 1.58. The van der Waals surface area contributed by atoms with Crippen molar-refractivity contribution >= 4 is 0 Å². The molecule has 1 heterocycles. The first-order chi connectivity index (χ1) is 5.93. The molecule has 1 atom stereocenters. The minimum Gasteiger partial charge on any atom is -0.380 e. The molecule has 1 aliphatic rings. The largest absolute Gasteiger partial charge is 0.380 e. The molecule has 0 aromatic carbocycles. The monoisotopic (exact) mass is 171 g/mol. The summed E-state index contributed by atoms with van der Waals surface area (Å²) >= 11 is 0. The minimum atomic E-state index is 0.645. The zero-order chi connectivity index (χ0) is 8.65. The fourth-order valence-electron chi connectivity index (χ4n) is 1.58. The summed E-state index contributed by atoms with van der Waals surface area (Å²) in [5.41, 5.74) is 0. The van der Waals surface area contributed by atoms with E-state index in [0.29, 0.717) is 6.04 Å². The molecule has 1 N–H and O–H groups in total. The van der Waals surface area contributed by atoms with Crippen LogP contribution < -0.4 is 5.32 Å². The average Bonchev–Trinajstić information content (AvgIpc) is 2.57. The highest BCUT2D eigenvalue weighted by molar-refractivity contribution is 4.73. The van der Waals surface area contributed by atoms with Crippen molar-refractivity contribution in [1.82, 2.24) is 5.32 Å². The van der Waals surface area contributed by atoms with Gasteiger partial charge in [0, 0.05) is 12.6 Å². The van der Waals surface area contributed by atoms with E-state index in [0.717, 1.165) is 13.2 Å². The molecule has 0 spiro atoms. The summed E-state index contributed by atoms with van der Waals surface area (Å²) in [6, 6.07) is 0.645. The van der Waals surface area contributed by atoms with Crippen LogP contribution in [0.15, 0.2) is 0 Å². The Morgan fingerprint density at radius 2 is 2.33 bits per heavy atom. The van der Waals surface area contributed by atoms with Crippen molar-refractivity contribution < 1.29 is 4.74 Å². The number of hydrogen-bond donors (Lipinski definition) is 1. The summed E-state index contributed by atoms with van der Waals surface area (Å²) < 4.78 is 5.56. The molecule has 0 aliphatic carbocycles. The van der Waals surface area contributed by atoms with Crippen LogP contribution in [0.3, 0.4) is 0 Å². The number of ether oxygens (including phenoxy) is 1. The Morgan fingerprint density at radius 3 is 3.00 bits per heavy atom. The molecule has 1 aliphatic heterocycles. The second-order valence-corrected chi connectivity index (χ2v) is 3.58. The van der Waals surface area contributed by atoms with Crippen LogP contribution in [-0.2, 0) is 4.74 Å². The Kier molecular flexibility index (Phi) is 5.37. The SMILES string of the molecule is CCCCCOC[C@@H]1CCCN1. The highest BCUT2D eigenvalue weighted by Crippen LogP contribution is 2.05. The lowest BCUT2D eigenvalue weighted by Crippen LogP contribution is -2.26. The number of hydrogen-bond acceptors (Lipinski definition) is 2. The van der Waals surface area contributed by atoms with Gasteiger partial charge in [-0.05, 0) is 25.8 Å². The van der Waals surface area contributed by atoms with E-state index in [4.69, 9.17) is 4.74 Å². The topological polar surface area (TPSA) is 21.3 Å². The molecule has 72 valence electrons. The summed E-state index contributed by atoms with van der Waals surface area (Å²) in [6.07, 6.45) is 6.43. The predicted molar refractivity (Wildman–Crippen MR) is 51.4 cm³/mol. The highest BCUT2D eigenvalue weighted by Gasteiger charge is 2.12. The Balaban J connectivity index is 1.81. The van der Waals surface area contributed by atoms with Gasteiger partial charge in [0.2, 0.25) is 0 Å². The Morgan fingerprint density at radius 1 is 1.42 bits per heavy atom. The zero-order valence-corrected chi connectivity index (χ0v) is 8.14. The van der Waals surface area contributed by atoms with E-state index >= 15 is 0 Å². The van der Waals surface area contributed by atoms with E-state index in [2.05, 4.69) is 12.2 Å². The van der Waals surface area contributed by atoms with Gasteiger partial charge in [-0.2, -0.15) is 0 Å². The maximum absolute atomic E-state index is 5.56. The van der Waals surface area contributed by atoms with Crippen LogP contribution in [0.4, 0.5) is 0 Å². The Labute approximate surface area is 75.7 Å². The summed E-state index contributed by atoms with van der Waals surface area (Å²) in [6.45, 7) is 5.28. The Hall–Kier alpha value is -0.0800. The number of unbranched alkanes of at least 4 members (excludes halogenated alkanes) is 2. The first-order valence-corrected chi connectivity index (χ1v) is 5.24. The second kappa shape index (κ2) is 6.44. The normalized spacial score (nSPS) is 23.2. The molecule has 0 saturated carbocycles. The molecule has 2 nitrogen and oxygen atoms in total. The summed E-state index contributed by atoms with van der Waals surface area (Å²) in [7, 11) is 0. The van der Waals surface area contributed by atoms with E-state index in [-0.39, 0.29) is 0 Å². The van der Waals surface area contributed by atoms with E-state index < -0.39 is 0 Å². The maximum Gasteiger partial charge on any atom is 0.0619 e. The third-order valence-electron chi connectivity index (χ3n) is 2.37. The zero-order valence-electron chi connectivity index (χ0n) is 8.14. The smallest absolute Gasteiger partial charge is 0.0619 e. The van der Waals surface area contributed by atoms with Gasteiger partial charge in [0.25, 0.3) is 0 Å². The molecule has 1 fully saturated rings. The molecule has 1 saturated heterocycles. The van der Waals surface area contributed by atoms with Crippen LogP contribution in [0, 0.1) is 0 Å². The van der Waals surface area contributed by atoms with Crippen LogP contribution in [0.5, 0.6) is 0 Å². The molecule has 12 heavy (non-hydrogen) atoms. The van der Waals surface area contributed by atoms with Gasteiger partial charge in [0.15, 0.2) is 0 Å². The van der Waals surface area contributed by atoms with Crippen molar-refractivity contribution in [3.05, 3.63) is 0 Å². The molecular weight excluding hydrogens is 150 g/mol. The van der Waals surface area contributed by atoms with Crippen molar-refractivity contribution in [2.75, 3.05) is 19.8 Å². The third kappa shape index (κ3) is 4.07. The summed E-state index contributed by atoms with van der Waals surface area (Å²) in [5, 5.41) is 3.42. The van der Waals surface area contributed by atoms with Gasteiger partial charge in [0.05, 0.1) is 6.61 Å². The molecule has 0 bridgehead atoms. The van der Waals surface area contributed by atoms with Crippen LogP contribution in [0.1, 0.15) is 39.0 Å². The standard InChI is InChI=1S/C10H21NO/c1-2-3-4-8-12-9-10-6-5-7-11-10/h10-11H,2-9H2,1H3/t10-/m0/s1. The van der Waals surface area contributed by atoms with E-state index in [9.17, 15) is 0 Å². The van der Waals surface area contributed by atoms with Crippen molar-refractivity contribution in [3.8, 4) is 0 Å². The quantitative estimate of drug-likeness (QED) is 0.617. The van der Waals surface area contributed by atoms with E-state index in [1.165, 1.54) is 38.6 Å². The molecule has 2 heteroatoms. The van der Waals surface area contributed by atoms with Gasteiger partial charge in [-0.25, -0.2) is 0 Å². The van der Waals surface area contributed by atoms with Gasteiger partial charge >= 0.3 is 0 Å². The lowest BCUT2D eigenvalue weighted by atomic mass is 10.2. The van der Waals surface area contributed by atoms with Crippen LogP contribution >= 0.6 is 0 Å². The van der Waals surface area contributed by atoms with Crippen molar-refractivity contribution in [1.29, 1.82) is 0 Å². The molecule has 0 aromatic rings. The summed E-state index contributed by atoms with van der Waals surface area (Å²) in [5.74, 6) is 0. The first kappa shape index (κ1) is 10.0. The van der Waals surface area contributed by atoms with Gasteiger partial charge in [-0.15, -0.1) is 0 Å². The molecular formula is C10H21NO. The van der Waals surface area contributed by atoms with Crippen molar-refractivity contribution in [2.24, 2.45) is 0 Å². The van der Waals surface area contributed by atoms with E-state index in [1.54, 1.807) is 0 Å². The van der Waals surface area contributed by atoms with Crippen molar-refractivity contribution in [2.45, 2.75) is 45.1 Å². The average molecular weight is 171 g/mol. The molecule has 0 unspecified atom stereocenters. The predicted octanol–water partition coefficient (Wildman–Crippen LogP) is 1.95. The van der Waals surface area contributed by atoms with Crippen LogP contribution in [0.2, 0.25) is 0 Å². The number of rotatable bonds is 6. The molecule has 0 amide bonds. The first-order valence-electron chi connectivity index (χ1n) is 5.24. The lowest BCUT2D eigenvalue weighted by Gasteiger charge is -2.10. The Bertz CT molecular complexity index is 100. The summed E-state index contributed by atoms with van der Waals surface area (Å²) in [4.78, 5) is 0. The van der Waals surface area contributed by atoms with Crippen LogP contribution in [0.25, 0.3) is 0 Å². The lowest BCUT2D eigenvalue weighted by molar-refractivity contribution is 0.113. The van der Waals surface area contributed by atoms with Crippen molar-refractivity contribution in [3.63, 3.8) is 0 Å². The minimum absolute atomic E-state index is 0.645. The van der Waals surface area contributed by atoms with Gasteiger partial charge in [-0.1, -0.05) is 19.8 Å². The fraction of sp³-hybridized carbons (Fsp3) is 1.00. The third-order valence-corrected chi connectivity index (χ3v) is 2.37. The van der Waals surface area contributed by atoms with E-state index in [1.807, 2.05) is 0 Å². The van der Waals surface area contributed by atoms with Gasteiger partial charge in [0.1, 0.15) is 0 Å². The van der Waals surface area contributed by atoms with Gasteiger partial charge in [-0.3, -0.25) is 0 Å². The van der Waals surface area contributed by atoms with Crippen LogP contribution in [-0.4, -0.2) is 25.8 Å². The molecule has 1 rings (SSSR count). The number of nitrogens with one attached hydrogen (secondary N) is 1. The van der Waals surface area contributed by atoms with Gasteiger partial charge < -0.3 is 10.1 Å². The maximum atomic E-state index is 5.56. The molecule has 0 aromatic heterocycles.